The molecule has 2 aromatic rings. The van der Waals surface area contributed by atoms with Gasteiger partial charge in [0.25, 0.3) is 0 Å². The van der Waals surface area contributed by atoms with Crippen molar-refractivity contribution in [1.29, 1.82) is 0 Å². The van der Waals surface area contributed by atoms with Crippen LogP contribution >= 0.6 is 0 Å². The molecule has 10 heteroatoms. The quantitative estimate of drug-likeness (QED) is 0.411. The minimum absolute atomic E-state index is 0.00298. The summed E-state index contributed by atoms with van der Waals surface area (Å²) in [6.45, 7) is 0.306. The van der Waals surface area contributed by atoms with E-state index < -0.39 is 42.1 Å². The summed E-state index contributed by atoms with van der Waals surface area (Å²) < 4.78 is 90.5. The summed E-state index contributed by atoms with van der Waals surface area (Å²) in [5.41, 5.74) is -3.49. The van der Waals surface area contributed by atoms with E-state index in [1.54, 1.807) is 0 Å². The van der Waals surface area contributed by atoms with Crippen molar-refractivity contribution in [2.45, 2.75) is 25.1 Å². The number of halogens is 6. The van der Waals surface area contributed by atoms with Crippen LogP contribution < -0.4 is 0 Å². The Kier molecular flexibility index (Phi) is 5.80. The number of nitrogens with zero attached hydrogens (tertiary/aromatic N) is 1. The number of alkyl halides is 6. The van der Waals surface area contributed by atoms with Crippen molar-refractivity contribution in [1.82, 2.24) is 0 Å². The summed E-state index contributed by atoms with van der Waals surface area (Å²) in [7, 11) is 0. The van der Waals surface area contributed by atoms with Gasteiger partial charge in [0, 0.05) is 5.56 Å². The molecular formula is C18H15F6NO3. The van der Waals surface area contributed by atoms with Gasteiger partial charge in [-0.2, -0.15) is 26.3 Å². The summed E-state index contributed by atoms with van der Waals surface area (Å²) in [5.74, 6) is 0. The molecule has 0 radical (unpaired) electrons. The third-order valence-electron chi connectivity index (χ3n) is 3.98. The Bertz CT molecular complexity index is 857. The monoisotopic (exact) mass is 407 g/mol. The molecule has 0 N–H and O–H groups in total. The Morgan fingerprint density at radius 2 is 1.71 bits per heavy atom. The van der Waals surface area contributed by atoms with E-state index in [-0.39, 0.29) is 10.8 Å². The van der Waals surface area contributed by atoms with Gasteiger partial charge in [-0.15, -0.1) is 0 Å². The lowest BCUT2D eigenvalue weighted by molar-refractivity contribution is -0.203. The average molecular weight is 407 g/mol. The second-order valence-electron chi connectivity index (χ2n) is 6.00. The molecule has 0 aliphatic carbocycles. The molecule has 0 aromatic heterocycles. The molecule has 0 spiro atoms. The van der Waals surface area contributed by atoms with E-state index in [9.17, 15) is 26.3 Å². The highest BCUT2D eigenvalue weighted by molar-refractivity contribution is 6.13. The summed E-state index contributed by atoms with van der Waals surface area (Å²) in [6, 6.07) is 6.66. The summed E-state index contributed by atoms with van der Waals surface area (Å²) >= 11 is 0. The number of hydrogen-bond donors (Lipinski definition) is 0. The van der Waals surface area contributed by atoms with Crippen LogP contribution in [0.3, 0.4) is 0 Å². The summed E-state index contributed by atoms with van der Waals surface area (Å²) in [6.07, 6.45) is -10.1. The molecule has 1 saturated heterocycles. The molecule has 2 aromatic carbocycles. The maximum Gasteiger partial charge on any atom is 0.437 e. The van der Waals surface area contributed by atoms with E-state index in [1.165, 1.54) is 24.3 Å². The first-order valence-electron chi connectivity index (χ1n) is 8.27. The van der Waals surface area contributed by atoms with Gasteiger partial charge in [-0.05, 0) is 29.3 Å². The maximum atomic E-state index is 13.6. The zero-order valence-corrected chi connectivity index (χ0v) is 14.3. The van der Waals surface area contributed by atoms with E-state index in [0.717, 1.165) is 6.07 Å². The average Bonchev–Trinajstić information content (AvgIpc) is 2.64. The van der Waals surface area contributed by atoms with Crippen molar-refractivity contribution in [3.63, 3.8) is 0 Å². The van der Waals surface area contributed by atoms with Crippen molar-refractivity contribution in [3.05, 3.63) is 47.5 Å². The predicted octanol–water partition coefficient (Wildman–Crippen LogP) is 4.90. The second kappa shape index (κ2) is 7.96. The SMILES string of the molecule is FC(F)(F)C(=NOCC1OCCCO1)c1cc(C(F)(F)F)cc2ccccc12. The van der Waals surface area contributed by atoms with Crippen molar-refractivity contribution in [3.8, 4) is 0 Å². The number of fused-ring (bicyclic) bond motifs is 1. The third kappa shape index (κ3) is 4.74. The molecule has 0 bridgehead atoms. The van der Waals surface area contributed by atoms with Crippen LogP contribution in [0.4, 0.5) is 26.3 Å². The zero-order chi connectivity index (χ0) is 20.4. The Balaban J connectivity index is 2.02. The van der Waals surface area contributed by atoms with Gasteiger partial charge < -0.3 is 14.3 Å². The number of benzene rings is 2. The lowest BCUT2D eigenvalue weighted by Gasteiger charge is -2.22. The maximum absolute atomic E-state index is 13.6. The highest BCUT2D eigenvalue weighted by Gasteiger charge is 2.40. The zero-order valence-electron chi connectivity index (χ0n) is 14.3. The lowest BCUT2D eigenvalue weighted by Crippen LogP contribution is -2.30. The van der Waals surface area contributed by atoms with Gasteiger partial charge in [-0.3, -0.25) is 0 Å². The van der Waals surface area contributed by atoms with Crippen LogP contribution in [0.5, 0.6) is 0 Å². The lowest BCUT2D eigenvalue weighted by atomic mass is 9.97. The molecule has 1 aliphatic rings. The molecule has 0 amide bonds. The van der Waals surface area contributed by atoms with E-state index >= 15 is 0 Å². The van der Waals surface area contributed by atoms with Crippen LogP contribution in [-0.4, -0.2) is 38.0 Å². The first-order chi connectivity index (χ1) is 13.2. The number of ether oxygens (including phenoxy) is 2. The fourth-order valence-corrected chi connectivity index (χ4v) is 2.72. The third-order valence-corrected chi connectivity index (χ3v) is 3.98. The second-order valence-corrected chi connectivity index (χ2v) is 6.00. The van der Waals surface area contributed by atoms with E-state index in [2.05, 4.69) is 5.16 Å². The minimum atomic E-state index is -5.04. The predicted molar refractivity (Wildman–Crippen MR) is 87.8 cm³/mol. The molecule has 0 saturated carbocycles. The first kappa shape index (κ1) is 20.4. The van der Waals surface area contributed by atoms with Gasteiger partial charge in [-0.25, -0.2) is 0 Å². The van der Waals surface area contributed by atoms with Crippen LogP contribution in [-0.2, 0) is 20.5 Å². The summed E-state index contributed by atoms with van der Waals surface area (Å²) in [5, 5.41) is 3.07. The Hall–Kier alpha value is -2.33. The van der Waals surface area contributed by atoms with Crippen molar-refractivity contribution >= 4 is 16.5 Å². The first-order valence-corrected chi connectivity index (χ1v) is 8.27. The molecule has 3 rings (SSSR count). The topological polar surface area (TPSA) is 40.0 Å². The van der Waals surface area contributed by atoms with Crippen LogP contribution in [0.1, 0.15) is 17.5 Å². The van der Waals surface area contributed by atoms with E-state index in [1.807, 2.05) is 0 Å². The fraction of sp³-hybridized carbons (Fsp3) is 0.389. The number of rotatable bonds is 4. The normalized spacial score (nSPS) is 17.1. The van der Waals surface area contributed by atoms with Gasteiger partial charge in [-0.1, -0.05) is 29.4 Å². The molecule has 1 aliphatic heterocycles. The highest BCUT2D eigenvalue weighted by atomic mass is 19.4. The van der Waals surface area contributed by atoms with Crippen LogP contribution in [0, 0.1) is 0 Å². The fourth-order valence-electron chi connectivity index (χ4n) is 2.72. The molecule has 28 heavy (non-hydrogen) atoms. The highest BCUT2D eigenvalue weighted by Crippen LogP contribution is 2.35. The van der Waals surface area contributed by atoms with Crippen molar-refractivity contribution in [2.75, 3.05) is 19.8 Å². The van der Waals surface area contributed by atoms with Gasteiger partial charge in [0.05, 0.1) is 18.8 Å². The number of oxime groups is 1. The van der Waals surface area contributed by atoms with E-state index in [0.29, 0.717) is 25.7 Å². The smallest absolute Gasteiger partial charge is 0.390 e. The van der Waals surface area contributed by atoms with Gasteiger partial charge in [0.15, 0.2) is 18.6 Å². The van der Waals surface area contributed by atoms with Crippen LogP contribution in [0.2, 0.25) is 0 Å². The molecule has 0 unspecified atom stereocenters. The standard InChI is InChI=1S/C18H15F6NO3/c19-17(20,21)12-8-11-4-1-2-5-13(11)14(9-12)16(18(22,23)24)25-28-10-15-26-6-3-7-27-15/h1-2,4-5,8-9,15H,3,6-7,10H2. The minimum Gasteiger partial charge on any atom is -0.390 e. The van der Waals surface area contributed by atoms with Crippen molar-refractivity contribution < 1.29 is 40.7 Å². The largest absolute Gasteiger partial charge is 0.437 e. The Morgan fingerprint density at radius 1 is 1.04 bits per heavy atom. The van der Waals surface area contributed by atoms with Gasteiger partial charge in [0.2, 0.25) is 0 Å². The molecule has 1 heterocycles. The van der Waals surface area contributed by atoms with Gasteiger partial charge in [0.1, 0.15) is 0 Å². The Labute approximate surface area is 155 Å². The molecule has 1 fully saturated rings. The molecular weight excluding hydrogens is 392 g/mol. The summed E-state index contributed by atoms with van der Waals surface area (Å²) in [4.78, 5) is 4.73. The number of hydrogen-bond acceptors (Lipinski definition) is 4. The van der Waals surface area contributed by atoms with Crippen LogP contribution in [0.25, 0.3) is 10.8 Å². The molecule has 152 valence electrons. The van der Waals surface area contributed by atoms with Gasteiger partial charge >= 0.3 is 12.4 Å². The van der Waals surface area contributed by atoms with E-state index in [4.69, 9.17) is 14.3 Å². The Morgan fingerprint density at radius 3 is 2.36 bits per heavy atom. The molecule has 0 atom stereocenters. The van der Waals surface area contributed by atoms with Crippen LogP contribution in [0.15, 0.2) is 41.6 Å². The molecule has 4 nitrogen and oxygen atoms in total. The van der Waals surface area contributed by atoms with Crippen molar-refractivity contribution in [2.24, 2.45) is 5.16 Å².